The van der Waals surface area contributed by atoms with Gasteiger partial charge in [0.1, 0.15) is 34.6 Å². The molecule has 2 heterocycles. The van der Waals surface area contributed by atoms with Crippen molar-refractivity contribution in [2.24, 2.45) is 0 Å². The minimum Gasteiger partial charge on any atom is -0.497 e. The number of hydrogen-bond donors (Lipinski definition) is 0. The molecule has 0 aromatic heterocycles. The van der Waals surface area contributed by atoms with Gasteiger partial charge in [0.25, 0.3) is 0 Å². The Hall–Kier alpha value is -3.87. The highest BCUT2D eigenvalue weighted by Crippen LogP contribution is 2.38. The first-order chi connectivity index (χ1) is 15.0. The van der Waals surface area contributed by atoms with Crippen molar-refractivity contribution in [1.29, 1.82) is 0 Å². The standard InChI is InChI=1S/C24H16F3N3O/c1-31-18-7-5-15(6-8-18)22-20-13-30(12-14-3-2-4-16(25)9-14)24-19(23(20)29-28-22)10-17(26)11-21(24)27/h2-11,13H,12H2,1H3. The third-order valence-corrected chi connectivity index (χ3v) is 5.22. The third kappa shape index (κ3) is 3.38. The van der Waals surface area contributed by atoms with Crippen LogP contribution in [-0.4, -0.2) is 21.9 Å². The van der Waals surface area contributed by atoms with Gasteiger partial charge in [-0.25, -0.2) is 13.2 Å². The molecule has 0 spiro atoms. The Morgan fingerprint density at radius 2 is 1.65 bits per heavy atom. The summed E-state index contributed by atoms with van der Waals surface area (Å²) in [6.45, 7) is 0.194. The molecule has 5 rings (SSSR count). The van der Waals surface area contributed by atoms with Crippen LogP contribution in [0, 0.1) is 17.5 Å². The lowest BCUT2D eigenvalue weighted by Gasteiger charge is -2.16. The maximum Gasteiger partial charge on any atom is 0.150 e. The molecule has 2 aliphatic rings. The van der Waals surface area contributed by atoms with Crippen LogP contribution in [0.25, 0.3) is 33.4 Å². The van der Waals surface area contributed by atoms with Gasteiger partial charge >= 0.3 is 0 Å². The number of ether oxygens (including phenoxy) is 1. The molecule has 0 N–H and O–H groups in total. The van der Waals surface area contributed by atoms with Crippen molar-refractivity contribution in [1.82, 2.24) is 14.8 Å². The number of nitrogens with zero attached hydrogens (tertiary/aromatic N) is 3. The van der Waals surface area contributed by atoms with E-state index in [4.69, 9.17) is 4.74 Å². The molecule has 0 radical (unpaired) electrons. The predicted molar refractivity (Wildman–Crippen MR) is 112 cm³/mol. The first kappa shape index (κ1) is 19.1. The number of pyridine rings is 1. The first-order valence-electron chi connectivity index (χ1n) is 9.56. The lowest BCUT2D eigenvalue weighted by atomic mass is 10.0. The van der Waals surface area contributed by atoms with Crippen LogP contribution in [0.4, 0.5) is 13.2 Å². The number of hydrogen-bond acceptors (Lipinski definition) is 3. The molecular formula is C24H16F3N3O. The lowest BCUT2D eigenvalue weighted by molar-refractivity contribution is 0.415. The molecule has 7 heteroatoms. The maximum absolute atomic E-state index is 14.8. The highest BCUT2D eigenvalue weighted by Gasteiger charge is 2.22. The van der Waals surface area contributed by atoms with Gasteiger partial charge in [0.2, 0.25) is 0 Å². The van der Waals surface area contributed by atoms with Crippen molar-refractivity contribution in [3.05, 3.63) is 89.9 Å². The van der Waals surface area contributed by atoms with Gasteiger partial charge in [-0.15, -0.1) is 10.2 Å². The molecule has 154 valence electrons. The molecule has 2 aliphatic heterocycles. The van der Waals surface area contributed by atoms with Crippen molar-refractivity contribution >= 4 is 10.9 Å². The van der Waals surface area contributed by atoms with Gasteiger partial charge in [-0.05, 0) is 48.0 Å². The number of rotatable bonds is 4. The molecule has 4 nitrogen and oxygen atoms in total. The summed E-state index contributed by atoms with van der Waals surface area (Å²) >= 11 is 0. The zero-order valence-electron chi connectivity index (χ0n) is 16.4. The van der Waals surface area contributed by atoms with Crippen LogP contribution in [0.2, 0.25) is 0 Å². The summed E-state index contributed by atoms with van der Waals surface area (Å²) in [5.41, 5.74) is 3.23. The molecule has 0 atom stereocenters. The third-order valence-electron chi connectivity index (χ3n) is 5.22. The fourth-order valence-electron chi connectivity index (χ4n) is 3.82. The number of methoxy groups -OCH3 is 1. The zero-order valence-corrected chi connectivity index (χ0v) is 16.4. The van der Waals surface area contributed by atoms with E-state index < -0.39 is 11.6 Å². The van der Waals surface area contributed by atoms with Gasteiger partial charge in [0, 0.05) is 35.3 Å². The summed E-state index contributed by atoms with van der Waals surface area (Å²) in [7, 11) is 1.58. The Kier molecular flexibility index (Phi) is 4.58. The minimum atomic E-state index is -0.720. The van der Waals surface area contributed by atoms with E-state index in [1.165, 1.54) is 18.2 Å². The summed E-state index contributed by atoms with van der Waals surface area (Å²) in [5, 5.41) is 8.81. The van der Waals surface area contributed by atoms with Gasteiger partial charge in [-0.3, -0.25) is 0 Å². The average molecular weight is 419 g/mol. The number of aromatic nitrogens is 3. The van der Waals surface area contributed by atoms with Crippen LogP contribution in [0.3, 0.4) is 0 Å². The molecule has 0 saturated carbocycles. The Balaban J connectivity index is 1.75. The predicted octanol–water partition coefficient (Wildman–Crippen LogP) is 5.68. The summed E-state index contributed by atoms with van der Waals surface area (Å²) in [5.74, 6) is -1.11. The minimum absolute atomic E-state index is 0.180. The fourth-order valence-corrected chi connectivity index (χ4v) is 3.82. The van der Waals surface area contributed by atoms with Gasteiger partial charge in [0.05, 0.1) is 12.6 Å². The molecule has 0 bridgehead atoms. The second-order valence-electron chi connectivity index (χ2n) is 7.21. The van der Waals surface area contributed by atoms with E-state index in [2.05, 4.69) is 10.2 Å². The SMILES string of the molecule is COc1ccc(-c2nnc3c4cc(F)cc(F)c4n(Cc4cccc(F)c4)cc2-3)cc1. The Morgan fingerprint density at radius 1 is 0.871 bits per heavy atom. The number of halogens is 3. The number of fused-ring (bicyclic) bond motifs is 3. The Bertz CT molecular complexity index is 1380. The second-order valence-corrected chi connectivity index (χ2v) is 7.21. The highest BCUT2D eigenvalue weighted by atomic mass is 19.1. The van der Waals surface area contributed by atoms with Gasteiger partial charge in [-0.1, -0.05) is 12.1 Å². The van der Waals surface area contributed by atoms with Gasteiger partial charge < -0.3 is 9.30 Å². The first-order valence-corrected chi connectivity index (χ1v) is 9.56. The number of benzene rings is 3. The molecule has 0 amide bonds. The smallest absolute Gasteiger partial charge is 0.150 e. The van der Waals surface area contributed by atoms with Crippen LogP contribution in [-0.2, 0) is 6.54 Å². The van der Waals surface area contributed by atoms with Crippen LogP contribution in [0.1, 0.15) is 5.56 Å². The Morgan fingerprint density at radius 3 is 2.39 bits per heavy atom. The summed E-state index contributed by atoms with van der Waals surface area (Å²) in [6.07, 6.45) is 1.73. The van der Waals surface area contributed by atoms with Crippen molar-refractivity contribution in [3.63, 3.8) is 0 Å². The summed E-state index contributed by atoms with van der Waals surface area (Å²) in [6, 6.07) is 15.4. The highest BCUT2D eigenvalue weighted by molar-refractivity contribution is 5.98. The summed E-state index contributed by atoms with van der Waals surface area (Å²) < 4.78 is 49.5. The quantitative estimate of drug-likeness (QED) is 0.376. The van der Waals surface area contributed by atoms with Gasteiger partial charge in [-0.2, -0.15) is 0 Å². The molecule has 0 saturated heterocycles. The second kappa shape index (κ2) is 7.43. The van der Waals surface area contributed by atoms with Crippen molar-refractivity contribution in [2.45, 2.75) is 6.54 Å². The molecule has 31 heavy (non-hydrogen) atoms. The largest absolute Gasteiger partial charge is 0.497 e. The van der Waals surface area contributed by atoms with E-state index in [1.54, 1.807) is 42.1 Å². The monoisotopic (exact) mass is 419 g/mol. The molecule has 3 aromatic carbocycles. The normalized spacial score (nSPS) is 11.4. The molecule has 0 aliphatic carbocycles. The molecular weight excluding hydrogens is 403 g/mol. The zero-order chi connectivity index (χ0) is 21.5. The Labute approximate surface area is 175 Å². The van der Waals surface area contributed by atoms with Crippen LogP contribution < -0.4 is 4.74 Å². The van der Waals surface area contributed by atoms with E-state index in [0.29, 0.717) is 33.7 Å². The summed E-state index contributed by atoms with van der Waals surface area (Å²) in [4.78, 5) is 0. The lowest BCUT2D eigenvalue weighted by Crippen LogP contribution is -2.06. The van der Waals surface area contributed by atoms with Crippen molar-refractivity contribution in [3.8, 4) is 28.3 Å². The maximum atomic E-state index is 14.8. The average Bonchev–Trinajstić information content (AvgIpc) is 3.17. The van der Waals surface area contributed by atoms with E-state index >= 15 is 0 Å². The van der Waals surface area contributed by atoms with E-state index in [0.717, 1.165) is 11.6 Å². The van der Waals surface area contributed by atoms with E-state index in [9.17, 15) is 13.2 Å². The molecule has 0 fully saturated rings. The van der Waals surface area contributed by atoms with E-state index in [1.807, 2.05) is 12.1 Å². The van der Waals surface area contributed by atoms with Crippen LogP contribution in [0.15, 0.2) is 66.9 Å². The van der Waals surface area contributed by atoms with Crippen LogP contribution >= 0.6 is 0 Å². The van der Waals surface area contributed by atoms with Crippen molar-refractivity contribution < 1.29 is 17.9 Å². The molecule has 0 unspecified atom stereocenters. The molecule has 3 aromatic rings. The van der Waals surface area contributed by atoms with Crippen LogP contribution in [0.5, 0.6) is 5.75 Å². The topological polar surface area (TPSA) is 39.9 Å². The van der Waals surface area contributed by atoms with E-state index in [-0.39, 0.29) is 17.9 Å². The van der Waals surface area contributed by atoms with Gasteiger partial charge in [0.15, 0.2) is 0 Å². The fraction of sp³-hybridized carbons (Fsp3) is 0.0833. The van der Waals surface area contributed by atoms with Crippen molar-refractivity contribution in [2.75, 3.05) is 7.11 Å².